The third kappa shape index (κ3) is 8.45. The molecule has 9 heteroatoms. The number of benzene rings is 3. The Morgan fingerprint density at radius 1 is 0.861 bits per heavy atom. The lowest BCUT2D eigenvalue weighted by Crippen LogP contribution is -2.32. The Morgan fingerprint density at radius 3 is 2.33 bits per heavy atom. The fourth-order valence-corrected chi connectivity index (χ4v) is 2.90. The number of para-hydroxylation sites is 1. The second-order valence-corrected chi connectivity index (χ2v) is 7.37. The van der Waals surface area contributed by atoms with E-state index in [1.165, 1.54) is 6.21 Å². The van der Waals surface area contributed by atoms with Crippen LogP contribution in [0.1, 0.15) is 11.1 Å². The Balaban J connectivity index is 1.46. The van der Waals surface area contributed by atoms with Crippen molar-refractivity contribution in [3.8, 4) is 11.5 Å². The lowest BCUT2D eigenvalue weighted by molar-refractivity contribution is -0.136. The molecule has 0 spiro atoms. The van der Waals surface area contributed by atoms with Gasteiger partial charge in [-0.15, -0.1) is 0 Å². The molecule has 3 aromatic carbocycles. The van der Waals surface area contributed by atoms with Gasteiger partial charge in [0.2, 0.25) is 0 Å². The standard InChI is InChI=1S/C27H26N4O5/c1-2-16-35-23-14-12-22(13-15-23)30-26(33)27(34)31-29-18-21-10-6-7-11-24(21)36-19-25(32)28-17-20-8-4-3-5-9-20/h2-15,18H,1,16-17,19H2,(H,28,32)(H,30,33)(H,31,34)/b29-18-. The number of ether oxygens (including phenoxy) is 2. The summed E-state index contributed by atoms with van der Waals surface area (Å²) in [6.07, 6.45) is 2.95. The fourth-order valence-electron chi connectivity index (χ4n) is 2.90. The van der Waals surface area contributed by atoms with Gasteiger partial charge in [-0.05, 0) is 42.0 Å². The van der Waals surface area contributed by atoms with Gasteiger partial charge in [0.15, 0.2) is 6.61 Å². The summed E-state index contributed by atoms with van der Waals surface area (Å²) in [7, 11) is 0. The van der Waals surface area contributed by atoms with Crippen molar-refractivity contribution in [2.24, 2.45) is 5.10 Å². The second kappa shape index (κ2) is 13.7. The molecule has 184 valence electrons. The third-order valence-electron chi connectivity index (χ3n) is 4.67. The van der Waals surface area contributed by atoms with Crippen molar-refractivity contribution in [1.29, 1.82) is 0 Å². The number of nitrogens with zero attached hydrogens (tertiary/aromatic N) is 1. The van der Waals surface area contributed by atoms with E-state index in [4.69, 9.17) is 9.47 Å². The number of amides is 3. The van der Waals surface area contributed by atoms with E-state index >= 15 is 0 Å². The van der Waals surface area contributed by atoms with Crippen LogP contribution in [0.4, 0.5) is 5.69 Å². The largest absolute Gasteiger partial charge is 0.490 e. The van der Waals surface area contributed by atoms with Crippen LogP contribution in [0, 0.1) is 0 Å². The number of rotatable bonds is 11. The lowest BCUT2D eigenvalue weighted by atomic mass is 10.2. The number of nitrogens with one attached hydrogen (secondary N) is 3. The van der Waals surface area contributed by atoms with Gasteiger partial charge in [0.25, 0.3) is 5.91 Å². The molecule has 0 fully saturated rings. The molecule has 0 saturated carbocycles. The van der Waals surface area contributed by atoms with Crippen LogP contribution in [0.15, 0.2) is 96.6 Å². The van der Waals surface area contributed by atoms with E-state index in [1.807, 2.05) is 30.3 Å². The van der Waals surface area contributed by atoms with Crippen molar-refractivity contribution in [3.05, 3.63) is 103 Å². The van der Waals surface area contributed by atoms with Crippen LogP contribution in [-0.2, 0) is 20.9 Å². The quantitative estimate of drug-likeness (QED) is 0.167. The van der Waals surface area contributed by atoms with Crippen molar-refractivity contribution in [1.82, 2.24) is 10.7 Å². The van der Waals surface area contributed by atoms with Crippen LogP contribution in [0.5, 0.6) is 11.5 Å². The molecule has 0 unspecified atom stereocenters. The van der Waals surface area contributed by atoms with Crippen molar-refractivity contribution in [2.75, 3.05) is 18.5 Å². The highest BCUT2D eigenvalue weighted by Gasteiger charge is 2.13. The van der Waals surface area contributed by atoms with Gasteiger partial charge in [0.1, 0.15) is 18.1 Å². The Labute approximate surface area is 208 Å². The number of anilines is 1. The van der Waals surface area contributed by atoms with Gasteiger partial charge in [-0.25, -0.2) is 5.43 Å². The molecule has 0 heterocycles. The molecule has 3 N–H and O–H groups in total. The first-order valence-electron chi connectivity index (χ1n) is 11.1. The molecular weight excluding hydrogens is 460 g/mol. The van der Waals surface area contributed by atoms with Gasteiger partial charge in [-0.2, -0.15) is 5.10 Å². The fraction of sp³-hybridized carbons (Fsp3) is 0.111. The topological polar surface area (TPSA) is 118 Å². The minimum Gasteiger partial charge on any atom is -0.490 e. The Morgan fingerprint density at radius 2 is 1.58 bits per heavy atom. The van der Waals surface area contributed by atoms with Gasteiger partial charge in [0, 0.05) is 17.8 Å². The summed E-state index contributed by atoms with van der Waals surface area (Å²) in [5, 5.41) is 9.07. The molecule has 0 radical (unpaired) electrons. The van der Waals surface area contributed by atoms with Crippen LogP contribution >= 0.6 is 0 Å². The minimum atomic E-state index is -0.947. The summed E-state index contributed by atoms with van der Waals surface area (Å²) in [5.41, 5.74) is 4.09. The van der Waals surface area contributed by atoms with Gasteiger partial charge >= 0.3 is 11.8 Å². The second-order valence-electron chi connectivity index (χ2n) is 7.37. The van der Waals surface area contributed by atoms with Crippen LogP contribution in [0.25, 0.3) is 0 Å². The predicted octanol–water partition coefficient (Wildman–Crippen LogP) is 3.04. The van der Waals surface area contributed by atoms with Crippen LogP contribution in [0.2, 0.25) is 0 Å². The highest BCUT2D eigenvalue weighted by atomic mass is 16.5. The molecule has 3 rings (SSSR count). The van der Waals surface area contributed by atoms with Gasteiger partial charge in [-0.1, -0.05) is 55.1 Å². The number of hydrogen-bond acceptors (Lipinski definition) is 6. The summed E-state index contributed by atoms with van der Waals surface area (Å²) < 4.78 is 11.0. The summed E-state index contributed by atoms with van der Waals surface area (Å²) in [4.78, 5) is 36.3. The van der Waals surface area contributed by atoms with Crippen LogP contribution in [-0.4, -0.2) is 37.1 Å². The summed E-state index contributed by atoms with van der Waals surface area (Å²) >= 11 is 0. The van der Waals surface area contributed by atoms with Crippen molar-refractivity contribution in [3.63, 3.8) is 0 Å². The molecular formula is C27H26N4O5. The highest BCUT2D eigenvalue weighted by molar-refractivity contribution is 6.39. The normalized spacial score (nSPS) is 10.3. The maximum Gasteiger partial charge on any atom is 0.329 e. The maximum atomic E-state index is 12.1. The van der Waals surface area contributed by atoms with E-state index in [1.54, 1.807) is 54.6 Å². The SMILES string of the molecule is C=CCOc1ccc(NC(=O)C(=O)N/N=C\c2ccccc2OCC(=O)NCc2ccccc2)cc1. The molecule has 3 aromatic rings. The Kier molecular flexibility index (Phi) is 9.78. The van der Waals surface area contributed by atoms with E-state index < -0.39 is 11.8 Å². The first kappa shape index (κ1) is 25.7. The smallest absolute Gasteiger partial charge is 0.329 e. The zero-order valence-corrected chi connectivity index (χ0v) is 19.5. The highest BCUT2D eigenvalue weighted by Crippen LogP contribution is 2.16. The summed E-state index contributed by atoms with van der Waals surface area (Å²) in [6, 6.07) is 22.9. The molecule has 0 aliphatic heterocycles. The number of hydrogen-bond donors (Lipinski definition) is 3. The number of carbonyl (C=O) groups excluding carboxylic acids is 3. The molecule has 36 heavy (non-hydrogen) atoms. The number of carbonyl (C=O) groups is 3. The molecule has 0 aromatic heterocycles. The molecule has 0 atom stereocenters. The molecule has 0 aliphatic carbocycles. The molecule has 0 aliphatic rings. The van der Waals surface area contributed by atoms with Crippen molar-refractivity contribution >= 4 is 29.6 Å². The van der Waals surface area contributed by atoms with Gasteiger partial charge in [-0.3, -0.25) is 14.4 Å². The van der Waals surface area contributed by atoms with Gasteiger partial charge < -0.3 is 20.1 Å². The molecule has 0 bridgehead atoms. The van der Waals surface area contributed by atoms with E-state index in [-0.39, 0.29) is 12.5 Å². The molecule has 3 amide bonds. The average molecular weight is 487 g/mol. The summed E-state index contributed by atoms with van der Waals surface area (Å²) in [5.74, 6) is -1.11. The maximum absolute atomic E-state index is 12.1. The van der Waals surface area contributed by atoms with Crippen molar-refractivity contribution in [2.45, 2.75) is 6.54 Å². The predicted molar refractivity (Wildman–Crippen MR) is 137 cm³/mol. The monoisotopic (exact) mass is 486 g/mol. The Hall–Kier alpha value is -4.92. The van der Waals surface area contributed by atoms with E-state index in [0.717, 1.165) is 5.56 Å². The average Bonchev–Trinajstić information content (AvgIpc) is 2.91. The third-order valence-corrected chi connectivity index (χ3v) is 4.67. The van der Waals surface area contributed by atoms with Gasteiger partial charge in [0.05, 0.1) is 6.21 Å². The van der Waals surface area contributed by atoms with Crippen LogP contribution in [0.3, 0.4) is 0 Å². The zero-order chi connectivity index (χ0) is 25.6. The first-order chi connectivity index (χ1) is 17.5. The minimum absolute atomic E-state index is 0.191. The van der Waals surface area contributed by atoms with Crippen LogP contribution < -0.4 is 25.5 Å². The van der Waals surface area contributed by atoms with E-state index in [2.05, 4.69) is 27.7 Å². The molecule has 9 nitrogen and oxygen atoms in total. The first-order valence-corrected chi connectivity index (χ1v) is 11.1. The summed E-state index contributed by atoms with van der Waals surface area (Å²) in [6.45, 7) is 4.14. The zero-order valence-electron chi connectivity index (χ0n) is 19.5. The van der Waals surface area contributed by atoms with E-state index in [0.29, 0.717) is 35.9 Å². The van der Waals surface area contributed by atoms with Crippen molar-refractivity contribution < 1.29 is 23.9 Å². The molecule has 0 saturated heterocycles. The van der Waals surface area contributed by atoms with E-state index in [9.17, 15) is 14.4 Å². The Bertz CT molecular complexity index is 1210. The number of hydrazone groups is 1. The lowest BCUT2D eigenvalue weighted by Gasteiger charge is -2.09.